The average molecular weight is 391 g/mol. The Kier molecular flexibility index (Phi) is 6.42. The number of hydrogen-bond donors (Lipinski definition) is 3. The highest BCUT2D eigenvalue weighted by Gasteiger charge is 2.26. The number of amides is 1. The second-order valence-corrected chi connectivity index (χ2v) is 6.48. The second kappa shape index (κ2) is 8.98. The van der Waals surface area contributed by atoms with Gasteiger partial charge in [0, 0.05) is 19.3 Å². The van der Waals surface area contributed by atoms with Crippen LogP contribution >= 0.6 is 0 Å². The molecule has 3 N–H and O–H groups in total. The molecule has 1 aliphatic rings. The summed E-state index contributed by atoms with van der Waals surface area (Å²) >= 11 is 0. The number of methoxy groups -OCH3 is 1. The van der Waals surface area contributed by atoms with Gasteiger partial charge in [0.25, 0.3) is 5.91 Å². The lowest BCUT2D eigenvalue weighted by molar-refractivity contribution is -0.143. The molecule has 0 saturated carbocycles. The van der Waals surface area contributed by atoms with Gasteiger partial charge in [-0.1, -0.05) is 0 Å². The summed E-state index contributed by atoms with van der Waals surface area (Å²) in [4.78, 5) is 28.9. The van der Waals surface area contributed by atoms with Gasteiger partial charge in [0.2, 0.25) is 0 Å². The molecule has 2 atom stereocenters. The van der Waals surface area contributed by atoms with Gasteiger partial charge in [-0.15, -0.1) is 0 Å². The molecule has 10 nitrogen and oxygen atoms in total. The third-order valence-electron chi connectivity index (χ3n) is 4.67. The fourth-order valence-corrected chi connectivity index (χ4v) is 3.16. The zero-order chi connectivity index (χ0) is 20.1. The summed E-state index contributed by atoms with van der Waals surface area (Å²) < 4.78 is 12.1. The number of nitrogens with one attached hydrogen (secondary N) is 2. The Morgan fingerprint density at radius 1 is 1.43 bits per heavy atom. The molecule has 0 spiro atoms. The molecular formula is C18H25N5O5. The number of fused-ring (bicyclic) bond motifs is 1. The molecule has 2 aromatic rings. The molecule has 1 unspecified atom stereocenters. The average Bonchev–Trinajstić information content (AvgIpc) is 3.16. The van der Waals surface area contributed by atoms with Crippen LogP contribution < -0.4 is 10.6 Å². The molecule has 0 radical (unpaired) electrons. The fraction of sp³-hybridized carbons (Fsp3) is 0.556. The number of esters is 1. The molecule has 3 rings (SSSR count). The topological polar surface area (TPSA) is 128 Å². The minimum Gasteiger partial charge on any atom is -0.467 e. The van der Waals surface area contributed by atoms with Crippen molar-refractivity contribution in [1.29, 1.82) is 0 Å². The van der Waals surface area contributed by atoms with Crippen LogP contribution in [0.25, 0.3) is 11.0 Å². The fourth-order valence-electron chi connectivity index (χ4n) is 3.16. The van der Waals surface area contributed by atoms with E-state index in [4.69, 9.17) is 4.74 Å². The van der Waals surface area contributed by atoms with Crippen LogP contribution in [0.4, 0.5) is 5.69 Å². The van der Waals surface area contributed by atoms with Gasteiger partial charge in [-0.3, -0.25) is 4.79 Å². The van der Waals surface area contributed by atoms with Crippen LogP contribution in [-0.2, 0) is 20.8 Å². The van der Waals surface area contributed by atoms with Gasteiger partial charge < -0.3 is 25.2 Å². The number of aliphatic hydroxyl groups excluding tert-OH is 1. The molecule has 1 amide bonds. The van der Waals surface area contributed by atoms with E-state index in [0.29, 0.717) is 29.9 Å². The van der Waals surface area contributed by atoms with E-state index in [-0.39, 0.29) is 11.8 Å². The quantitative estimate of drug-likeness (QED) is 0.587. The van der Waals surface area contributed by atoms with E-state index in [1.807, 2.05) is 6.92 Å². The number of rotatable bonds is 7. The number of ether oxygens (including phenoxy) is 2. The predicted molar refractivity (Wildman–Crippen MR) is 101 cm³/mol. The van der Waals surface area contributed by atoms with Crippen molar-refractivity contribution in [1.82, 2.24) is 20.1 Å². The van der Waals surface area contributed by atoms with Gasteiger partial charge in [-0.05, 0) is 26.2 Å². The number of aryl methyl sites for hydroxylation is 1. The third kappa shape index (κ3) is 4.07. The SMILES string of the molecule is CCn1ncc2c(NC3CCCCO3)c(C(=O)N[C@@H](CO)C(=O)OC)cnc21. The minimum absolute atomic E-state index is 0.231. The molecule has 1 fully saturated rings. The number of anilines is 1. The number of carbonyl (C=O) groups excluding carboxylic acids is 2. The molecule has 0 aliphatic carbocycles. The maximum atomic E-state index is 12.8. The van der Waals surface area contributed by atoms with E-state index in [1.54, 1.807) is 10.9 Å². The van der Waals surface area contributed by atoms with Crippen molar-refractivity contribution in [3.8, 4) is 0 Å². The van der Waals surface area contributed by atoms with Crippen LogP contribution in [0.5, 0.6) is 0 Å². The predicted octanol–water partition coefficient (Wildman–Crippen LogP) is 0.653. The van der Waals surface area contributed by atoms with Crippen molar-refractivity contribution in [3.05, 3.63) is 18.0 Å². The van der Waals surface area contributed by atoms with Crippen LogP contribution in [0.15, 0.2) is 12.4 Å². The van der Waals surface area contributed by atoms with Crippen LogP contribution in [-0.4, -0.2) is 64.3 Å². The standard InChI is InChI=1S/C18H25N5O5/c1-3-23-16-11(9-20-23)15(22-14-6-4-5-7-28-14)12(8-19-16)17(25)21-13(10-24)18(26)27-2/h8-9,13-14,24H,3-7,10H2,1-2H3,(H,19,22)(H,21,25)/t13-,14?/m0/s1. The van der Waals surface area contributed by atoms with Crippen LogP contribution in [0.3, 0.4) is 0 Å². The highest BCUT2D eigenvalue weighted by Crippen LogP contribution is 2.28. The number of aromatic nitrogens is 3. The molecule has 3 heterocycles. The summed E-state index contributed by atoms with van der Waals surface area (Å²) in [5.41, 5.74) is 1.42. The van der Waals surface area contributed by atoms with Crippen molar-refractivity contribution in [3.63, 3.8) is 0 Å². The first-order valence-electron chi connectivity index (χ1n) is 9.31. The molecule has 0 bridgehead atoms. The summed E-state index contributed by atoms with van der Waals surface area (Å²) in [6, 6.07) is -1.16. The summed E-state index contributed by atoms with van der Waals surface area (Å²) in [6.07, 6.45) is 5.69. The molecule has 152 valence electrons. The normalized spacial score (nSPS) is 17.9. The van der Waals surface area contributed by atoms with Gasteiger partial charge in [0.15, 0.2) is 11.7 Å². The number of carbonyl (C=O) groups is 2. The van der Waals surface area contributed by atoms with E-state index >= 15 is 0 Å². The Labute approximate surface area is 162 Å². The summed E-state index contributed by atoms with van der Waals surface area (Å²) in [7, 11) is 1.19. The van der Waals surface area contributed by atoms with E-state index < -0.39 is 24.5 Å². The Morgan fingerprint density at radius 2 is 2.25 bits per heavy atom. The highest BCUT2D eigenvalue weighted by atomic mass is 16.5. The van der Waals surface area contributed by atoms with E-state index in [1.165, 1.54) is 13.3 Å². The maximum Gasteiger partial charge on any atom is 0.330 e. The maximum absolute atomic E-state index is 12.8. The van der Waals surface area contributed by atoms with Crippen molar-refractivity contribution >= 4 is 28.6 Å². The zero-order valence-electron chi connectivity index (χ0n) is 16.0. The number of hydrogen-bond acceptors (Lipinski definition) is 8. The zero-order valence-corrected chi connectivity index (χ0v) is 16.0. The van der Waals surface area contributed by atoms with E-state index in [2.05, 4.69) is 25.5 Å². The van der Waals surface area contributed by atoms with Gasteiger partial charge in [0.05, 0.1) is 36.6 Å². The molecule has 10 heteroatoms. The van der Waals surface area contributed by atoms with E-state index in [9.17, 15) is 14.7 Å². The third-order valence-corrected chi connectivity index (χ3v) is 4.67. The van der Waals surface area contributed by atoms with Crippen molar-refractivity contribution in [2.75, 3.05) is 25.6 Å². The van der Waals surface area contributed by atoms with Gasteiger partial charge >= 0.3 is 5.97 Å². The first-order valence-corrected chi connectivity index (χ1v) is 9.31. The lowest BCUT2D eigenvalue weighted by atomic mass is 10.1. The Hall–Kier alpha value is -2.72. The first-order chi connectivity index (χ1) is 13.6. The van der Waals surface area contributed by atoms with Crippen LogP contribution in [0, 0.1) is 0 Å². The first kappa shape index (κ1) is 20.0. The second-order valence-electron chi connectivity index (χ2n) is 6.48. The smallest absolute Gasteiger partial charge is 0.330 e. The van der Waals surface area contributed by atoms with Crippen LogP contribution in [0.2, 0.25) is 0 Å². The minimum atomic E-state index is -1.16. The summed E-state index contributed by atoms with van der Waals surface area (Å²) in [6.45, 7) is 2.66. The van der Waals surface area contributed by atoms with Gasteiger partial charge in [-0.2, -0.15) is 5.10 Å². The molecule has 28 heavy (non-hydrogen) atoms. The van der Waals surface area contributed by atoms with Gasteiger partial charge in [-0.25, -0.2) is 14.5 Å². The monoisotopic (exact) mass is 391 g/mol. The van der Waals surface area contributed by atoms with Crippen molar-refractivity contribution in [2.24, 2.45) is 0 Å². The molecule has 1 aliphatic heterocycles. The van der Waals surface area contributed by atoms with Crippen molar-refractivity contribution in [2.45, 2.75) is 45.0 Å². The molecule has 2 aromatic heterocycles. The highest BCUT2D eigenvalue weighted by molar-refractivity contribution is 6.07. The number of pyridine rings is 1. The molecule has 0 aromatic carbocycles. The van der Waals surface area contributed by atoms with Crippen LogP contribution in [0.1, 0.15) is 36.5 Å². The summed E-state index contributed by atoms with van der Waals surface area (Å²) in [5.74, 6) is -1.28. The van der Waals surface area contributed by atoms with Crippen molar-refractivity contribution < 1.29 is 24.2 Å². The molecular weight excluding hydrogens is 366 g/mol. The lowest BCUT2D eigenvalue weighted by Gasteiger charge is -2.26. The van der Waals surface area contributed by atoms with E-state index in [0.717, 1.165) is 19.3 Å². The summed E-state index contributed by atoms with van der Waals surface area (Å²) in [5, 5.41) is 20.2. The lowest BCUT2D eigenvalue weighted by Crippen LogP contribution is -2.44. The Bertz CT molecular complexity index is 846. The molecule has 1 saturated heterocycles. The largest absolute Gasteiger partial charge is 0.467 e. The number of nitrogens with zero attached hydrogens (tertiary/aromatic N) is 3. The van der Waals surface area contributed by atoms with Gasteiger partial charge in [0.1, 0.15) is 6.23 Å². The Morgan fingerprint density at radius 3 is 2.89 bits per heavy atom. The Balaban J connectivity index is 1.96. The number of aliphatic hydroxyl groups is 1.